The van der Waals surface area contributed by atoms with Crippen LogP contribution in [-0.2, 0) is 23.8 Å². The molecule has 118 valence electrons. The highest BCUT2D eigenvalue weighted by Gasteiger charge is 2.06. The van der Waals surface area contributed by atoms with Gasteiger partial charge >= 0.3 is 17.9 Å². The van der Waals surface area contributed by atoms with Gasteiger partial charge in [0.15, 0.2) is 0 Å². The van der Waals surface area contributed by atoms with Crippen LogP contribution >= 0.6 is 0 Å². The van der Waals surface area contributed by atoms with Crippen LogP contribution in [0.5, 0.6) is 0 Å². The van der Waals surface area contributed by atoms with Crippen LogP contribution < -0.4 is 0 Å². The van der Waals surface area contributed by atoms with Crippen molar-refractivity contribution >= 4 is 17.9 Å². The zero-order chi connectivity index (χ0) is 16.2. The van der Waals surface area contributed by atoms with E-state index in [1.165, 1.54) is 19.3 Å². The first-order chi connectivity index (χ1) is 10.6. The number of hydrogen-bond acceptors (Lipinski definition) is 6. The van der Waals surface area contributed by atoms with Crippen LogP contribution in [0.15, 0.2) is 42.5 Å². The molecule has 0 aromatic heterocycles. The summed E-state index contributed by atoms with van der Waals surface area (Å²) in [5, 5.41) is 0. The zero-order valence-corrected chi connectivity index (χ0v) is 12.3. The second-order valence-corrected chi connectivity index (χ2v) is 4.18. The van der Waals surface area contributed by atoms with Gasteiger partial charge in [-0.3, -0.25) is 9.59 Å². The molecule has 0 spiro atoms. The van der Waals surface area contributed by atoms with Gasteiger partial charge in [-0.25, -0.2) is 4.79 Å². The van der Waals surface area contributed by atoms with Gasteiger partial charge in [-0.1, -0.05) is 30.4 Å². The van der Waals surface area contributed by atoms with Gasteiger partial charge in [-0.15, -0.1) is 0 Å². The summed E-state index contributed by atoms with van der Waals surface area (Å²) in [6, 6.07) is 8.54. The normalized spacial score (nSPS) is 10.2. The fraction of sp³-hybridized carbons (Fsp3) is 0.312. The van der Waals surface area contributed by atoms with E-state index in [-0.39, 0.29) is 32.0 Å². The quantitative estimate of drug-likeness (QED) is 0.316. The van der Waals surface area contributed by atoms with Crippen molar-refractivity contribution in [2.45, 2.75) is 12.8 Å². The summed E-state index contributed by atoms with van der Waals surface area (Å²) in [6.07, 6.45) is 3.21. The first-order valence-corrected chi connectivity index (χ1v) is 6.73. The highest BCUT2D eigenvalue weighted by Crippen LogP contribution is 2.01. The van der Waals surface area contributed by atoms with E-state index in [9.17, 15) is 14.4 Å². The van der Waals surface area contributed by atoms with Crippen molar-refractivity contribution in [1.82, 2.24) is 0 Å². The van der Waals surface area contributed by atoms with Gasteiger partial charge in [-0.05, 0) is 12.1 Å². The molecule has 0 amide bonds. The molecule has 0 heterocycles. The summed E-state index contributed by atoms with van der Waals surface area (Å²) < 4.78 is 14.3. The highest BCUT2D eigenvalue weighted by molar-refractivity contribution is 5.89. The molecule has 1 aromatic rings. The summed E-state index contributed by atoms with van der Waals surface area (Å²) in [5.74, 6) is -1.30. The van der Waals surface area contributed by atoms with Crippen molar-refractivity contribution in [2.24, 2.45) is 0 Å². The minimum Gasteiger partial charge on any atom is -0.469 e. The van der Waals surface area contributed by atoms with Crippen LogP contribution in [0.2, 0.25) is 0 Å². The fourth-order valence-electron chi connectivity index (χ4n) is 1.45. The van der Waals surface area contributed by atoms with Gasteiger partial charge in [0, 0.05) is 0 Å². The lowest BCUT2D eigenvalue weighted by Crippen LogP contribution is -2.13. The Bertz CT molecular complexity index is 521. The van der Waals surface area contributed by atoms with E-state index in [0.717, 1.165) is 0 Å². The molecule has 0 saturated carbocycles. The maximum absolute atomic E-state index is 11.6. The van der Waals surface area contributed by atoms with Crippen LogP contribution in [0.3, 0.4) is 0 Å². The van der Waals surface area contributed by atoms with E-state index in [1.54, 1.807) is 30.3 Å². The molecule has 0 aliphatic heterocycles. The van der Waals surface area contributed by atoms with E-state index in [0.29, 0.717) is 5.56 Å². The molecule has 6 heteroatoms. The Morgan fingerprint density at radius 3 is 2.14 bits per heavy atom. The maximum atomic E-state index is 11.6. The van der Waals surface area contributed by atoms with Gasteiger partial charge in [0.2, 0.25) is 0 Å². The van der Waals surface area contributed by atoms with Crippen LogP contribution in [-0.4, -0.2) is 38.2 Å². The summed E-state index contributed by atoms with van der Waals surface area (Å²) in [7, 11) is 1.29. The van der Waals surface area contributed by atoms with Gasteiger partial charge in [-0.2, -0.15) is 0 Å². The minimum absolute atomic E-state index is 0.00859. The Labute approximate surface area is 128 Å². The molecular weight excluding hydrogens is 288 g/mol. The van der Waals surface area contributed by atoms with Gasteiger partial charge in [0.05, 0.1) is 25.5 Å². The van der Waals surface area contributed by atoms with Crippen LogP contribution in [0, 0.1) is 0 Å². The molecule has 0 aliphatic carbocycles. The van der Waals surface area contributed by atoms with E-state index in [1.807, 2.05) is 0 Å². The van der Waals surface area contributed by atoms with E-state index in [2.05, 4.69) is 4.74 Å². The fourth-order valence-corrected chi connectivity index (χ4v) is 1.45. The van der Waals surface area contributed by atoms with Crippen molar-refractivity contribution in [2.75, 3.05) is 20.3 Å². The van der Waals surface area contributed by atoms with E-state index >= 15 is 0 Å². The third kappa shape index (κ3) is 7.23. The summed E-state index contributed by atoms with van der Waals surface area (Å²) in [6.45, 7) is -0.0202. The number of methoxy groups -OCH3 is 1. The second-order valence-electron chi connectivity index (χ2n) is 4.18. The van der Waals surface area contributed by atoms with Crippen molar-refractivity contribution < 1.29 is 28.6 Å². The number of carbonyl (C=O) groups excluding carboxylic acids is 3. The smallest absolute Gasteiger partial charge is 0.338 e. The summed E-state index contributed by atoms with van der Waals surface area (Å²) in [5.41, 5.74) is 0.444. The lowest BCUT2D eigenvalue weighted by Gasteiger charge is -2.05. The largest absolute Gasteiger partial charge is 0.469 e. The van der Waals surface area contributed by atoms with E-state index in [4.69, 9.17) is 9.47 Å². The number of ether oxygens (including phenoxy) is 3. The predicted octanol–water partition coefficient (Wildman–Crippen LogP) is 1.90. The molecular formula is C16H18O6. The monoisotopic (exact) mass is 306 g/mol. The predicted molar refractivity (Wildman–Crippen MR) is 78.1 cm³/mol. The molecule has 22 heavy (non-hydrogen) atoms. The Hall–Kier alpha value is -2.63. The molecule has 0 bridgehead atoms. The third-order valence-corrected chi connectivity index (χ3v) is 2.55. The van der Waals surface area contributed by atoms with Crippen LogP contribution in [0.25, 0.3) is 0 Å². The van der Waals surface area contributed by atoms with Gasteiger partial charge < -0.3 is 14.2 Å². The van der Waals surface area contributed by atoms with E-state index < -0.39 is 11.9 Å². The number of hydrogen-bond donors (Lipinski definition) is 0. The lowest BCUT2D eigenvalue weighted by molar-refractivity contribution is -0.144. The second kappa shape index (κ2) is 10.1. The molecule has 6 nitrogen and oxygen atoms in total. The first kappa shape index (κ1) is 17.4. The molecule has 1 aromatic carbocycles. The van der Waals surface area contributed by atoms with Crippen molar-refractivity contribution in [3.8, 4) is 0 Å². The van der Waals surface area contributed by atoms with Crippen molar-refractivity contribution in [3.63, 3.8) is 0 Å². The van der Waals surface area contributed by atoms with Crippen LogP contribution in [0.4, 0.5) is 0 Å². The highest BCUT2D eigenvalue weighted by atomic mass is 16.6. The molecule has 0 aliphatic rings. The molecule has 0 atom stereocenters. The van der Waals surface area contributed by atoms with Crippen molar-refractivity contribution in [3.05, 3.63) is 48.0 Å². The molecule has 0 fully saturated rings. The SMILES string of the molecule is COC(=O)C/C=C/CC(=O)OCCOC(=O)c1ccccc1. The first-order valence-electron chi connectivity index (χ1n) is 6.73. The zero-order valence-electron chi connectivity index (χ0n) is 12.3. The molecule has 0 saturated heterocycles. The Morgan fingerprint density at radius 2 is 1.50 bits per heavy atom. The summed E-state index contributed by atoms with van der Waals surface area (Å²) >= 11 is 0. The molecule has 0 unspecified atom stereocenters. The molecule has 1 rings (SSSR count). The Kier molecular flexibility index (Phi) is 8.04. The summed E-state index contributed by atoms with van der Waals surface area (Å²) in [4.78, 5) is 33.7. The Morgan fingerprint density at radius 1 is 0.909 bits per heavy atom. The number of benzene rings is 1. The van der Waals surface area contributed by atoms with Gasteiger partial charge in [0.25, 0.3) is 0 Å². The standard InChI is InChI=1S/C16H18O6/c1-20-14(17)9-5-6-10-15(18)21-11-12-22-16(19)13-7-3-2-4-8-13/h2-8H,9-12H2,1H3/b6-5+. The number of esters is 3. The molecule has 0 N–H and O–H groups in total. The number of rotatable bonds is 8. The van der Waals surface area contributed by atoms with Crippen molar-refractivity contribution in [1.29, 1.82) is 0 Å². The van der Waals surface area contributed by atoms with Crippen LogP contribution in [0.1, 0.15) is 23.2 Å². The average Bonchev–Trinajstić information content (AvgIpc) is 2.55. The Balaban J connectivity index is 2.12. The topological polar surface area (TPSA) is 78.9 Å². The third-order valence-electron chi connectivity index (χ3n) is 2.55. The van der Waals surface area contributed by atoms with Gasteiger partial charge in [0.1, 0.15) is 13.2 Å². The maximum Gasteiger partial charge on any atom is 0.338 e. The average molecular weight is 306 g/mol. The minimum atomic E-state index is -0.463. The lowest BCUT2D eigenvalue weighted by atomic mass is 10.2. The number of carbonyl (C=O) groups is 3. The molecule has 0 radical (unpaired) electrons.